The molecule has 0 spiro atoms. The van der Waals surface area contributed by atoms with Gasteiger partial charge in [-0.2, -0.15) is 0 Å². The minimum atomic E-state index is 0.540. The first kappa shape index (κ1) is 13.9. The average molecular weight is 278 g/mol. The Labute approximate surface area is 126 Å². The van der Waals surface area contributed by atoms with E-state index in [2.05, 4.69) is 76.2 Å². The van der Waals surface area contributed by atoms with Gasteiger partial charge in [0.2, 0.25) is 0 Å². The molecule has 3 aromatic rings. The fourth-order valence-corrected chi connectivity index (χ4v) is 2.60. The van der Waals surface area contributed by atoms with Crippen molar-refractivity contribution in [3.05, 3.63) is 59.7 Å². The maximum atomic E-state index is 5.99. The van der Waals surface area contributed by atoms with E-state index in [1.54, 1.807) is 0 Å². The van der Waals surface area contributed by atoms with Crippen molar-refractivity contribution in [1.82, 2.24) is 0 Å². The third kappa shape index (κ3) is 2.73. The lowest BCUT2D eigenvalue weighted by Gasteiger charge is -2.05. The lowest BCUT2D eigenvalue weighted by molar-refractivity contribution is 0.631. The SMILES string of the molecule is CC(C)c1ccc(-c2cc3cc(C(C)C)ccc3o2)cc1. The van der Waals surface area contributed by atoms with Crippen LogP contribution in [0, 0.1) is 0 Å². The third-order valence-electron chi connectivity index (χ3n) is 4.07. The highest BCUT2D eigenvalue weighted by Gasteiger charge is 2.08. The van der Waals surface area contributed by atoms with E-state index in [9.17, 15) is 0 Å². The van der Waals surface area contributed by atoms with E-state index in [4.69, 9.17) is 4.42 Å². The largest absolute Gasteiger partial charge is 0.456 e. The number of benzene rings is 2. The number of hydrogen-bond donors (Lipinski definition) is 0. The van der Waals surface area contributed by atoms with Gasteiger partial charge in [0.25, 0.3) is 0 Å². The standard InChI is InChI=1S/C20H22O/c1-13(2)15-5-7-16(8-6-15)20-12-18-11-17(14(3)4)9-10-19(18)21-20/h5-14H,1-4H3. The van der Waals surface area contributed by atoms with E-state index in [0.717, 1.165) is 16.9 Å². The van der Waals surface area contributed by atoms with E-state index >= 15 is 0 Å². The average Bonchev–Trinajstić information content (AvgIpc) is 2.90. The first-order valence-corrected chi connectivity index (χ1v) is 7.68. The minimum Gasteiger partial charge on any atom is -0.456 e. The molecule has 0 saturated carbocycles. The third-order valence-corrected chi connectivity index (χ3v) is 4.07. The summed E-state index contributed by atoms with van der Waals surface area (Å²) < 4.78 is 5.99. The van der Waals surface area contributed by atoms with Crippen molar-refractivity contribution >= 4 is 11.0 Å². The summed E-state index contributed by atoms with van der Waals surface area (Å²) in [5.74, 6) is 2.04. The van der Waals surface area contributed by atoms with Crippen molar-refractivity contribution in [2.45, 2.75) is 39.5 Å². The quantitative estimate of drug-likeness (QED) is 0.544. The second-order valence-corrected chi connectivity index (χ2v) is 6.34. The molecule has 0 unspecified atom stereocenters. The zero-order valence-electron chi connectivity index (χ0n) is 13.2. The fourth-order valence-electron chi connectivity index (χ4n) is 2.60. The maximum absolute atomic E-state index is 5.99. The molecule has 1 aromatic heterocycles. The molecular formula is C20H22O. The van der Waals surface area contributed by atoms with E-state index < -0.39 is 0 Å². The van der Waals surface area contributed by atoms with Gasteiger partial charge in [0, 0.05) is 10.9 Å². The Morgan fingerprint density at radius 3 is 1.95 bits per heavy atom. The fraction of sp³-hybridized carbons (Fsp3) is 0.300. The first-order valence-electron chi connectivity index (χ1n) is 7.68. The summed E-state index contributed by atoms with van der Waals surface area (Å²) in [5, 5.41) is 1.18. The smallest absolute Gasteiger partial charge is 0.135 e. The minimum absolute atomic E-state index is 0.540. The van der Waals surface area contributed by atoms with Gasteiger partial charge in [-0.1, -0.05) is 58.0 Å². The molecule has 0 aliphatic heterocycles. The van der Waals surface area contributed by atoms with Crippen LogP contribution in [0.4, 0.5) is 0 Å². The molecule has 0 aliphatic carbocycles. The van der Waals surface area contributed by atoms with Crippen LogP contribution in [-0.4, -0.2) is 0 Å². The molecule has 0 N–H and O–H groups in total. The second-order valence-electron chi connectivity index (χ2n) is 6.34. The Balaban J connectivity index is 2.00. The van der Waals surface area contributed by atoms with E-state index in [1.807, 2.05) is 0 Å². The van der Waals surface area contributed by atoms with Crippen molar-refractivity contribution in [3.63, 3.8) is 0 Å². The van der Waals surface area contributed by atoms with Crippen LogP contribution >= 0.6 is 0 Å². The summed E-state index contributed by atoms with van der Waals surface area (Å²) in [7, 11) is 0. The molecule has 0 aliphatic rings. The number of fused-ring (bicyclic) bond motifs is 1. The molecule has 1 heterocycles. The van der Waals surface area contributed by atoms with Crippen LogP contribution in [0.3, 0.4) is 0 Å². The predicted molar refractivity (Wildman–Crippen MR) is 89.8 cm³/mol. The van der Waals surface area contributed by atoms with Crippen molar-refractivity contribution in [3.8, 4) is 11.3 Å². The van der Waals surface area contributed by atoms with Gasteiger partial charge in [-0.15, -0.1) is 0 Å². The number of rotatable bonds is 3. The van der Waals surface area contributed by atoms with Crippen LogP contribution < -0.4 is 0 Å². The van der Waals surface area contributed by atoms with Crippen LogP contribution in [0.2, 0.25) is 0 Å². The van der Waals surface area contributed by atoms with Crippen LogP contribution in [-0.2, 0) is 0 Å². The number of hydrogen-bond acceptors (Lipinski definition) is 1. The van der Waals surface area contributed by atoms with Gasteiger partial charge < -0.3 is 4.42 Å². The summed E-state index contributed by atoms with van der Waals surface area (Å²) in [6.07, 6.45) is 0. The van der Waals surface area contributed by atoms with Crippen molar-refractivity contribution in [2.75, 3.05) is 0 Å². The highest BCUT2D eigenvalue weighted by molar-refractivity contribution is 5.83. The Kier molecular flexibility index (Phi) is 3.59. The van der Waals surface area contributed by atoms with Crippen LogP contribution in [0.5, 0.6) is 0 Å². The van der Waals surface area contributed by atoms with Gasteiger partial charge in [0.15, 0.2) is 0 Å². The first-order chi connectivity index (χ1) is 10.0. The topological polar surface area (TPSA) is 13.1 Å². The Hall–Kier alpha value is -2.02. The van der Waals surface area contributed by atoms with E-state index in [1.165, 1.54) is 16.5 Å². The van der Waals surface area contributed by atoms with Crippen LogP contribution in [0.1, 0.15) is 50.7 Å². The van der Waals surface area contributed by atoms with E-state index in [0.29, 0.717) is 11.8 Å². The summed E-state index contributed by atoms with van der Waals surface area (Å²) in [6, 6.07) is 17.3. The molecule has 0 saturated heterocycles. The van der Waals surface area contributed by atoms with Gasteiger partial charge in [-0.05, 0) is 41.2 Å². The van der Waals surface area contributed by atoms with Gasteiger partial charge >= 0.3 is 0 Å². The zero-order valence-corrected chi connectivity index (χ0v) is 13.2. The van der Waals surface area contributed by atoms with Gasteiger partial charge in [-0.3, -0.25) is 0 Å². The summed E-state index contributed by atoms with van der Waals surface area (Å²) >= 11 is 0. The van der Waals surface area contributed by atoms with E-state index in [-0.39, 0.29) is 0 Å². The molecule has 0 radical (unpaired) electrons. The summed E-state index contributed by atoms with van der Waals surface area (Å²) in [4.78, 5) is 0. The molecule has 1 heteroatoms. The van der Waals surface area contributed by atoms with Crippen molar-refractivity contribution < 1.29 is 4.42 Å². The molecule has 0 bridgehead atoms. The zero-order chi connectivity index (χ0) is 15.0. The summed E-state index contributed by atoms with van der Waals surface area (Å²) in [5.41, 5.74) is 4.81. The predicted octanol–water partition coefficient (Wildman–Crippen LogP) is 6.35. The molecule has 108 valence electrons. The molecule has 2 aromatic carbocycles. The second kappa shape index (κ2) is 5.40. The van der Waals surface area contributed by atoms with Gasteiger partial charge in [-0.25, -0.2) is 0 Å². The molecule has 3 rings (SSSR count). The van der Waals surface area contributed by atoms with Crippen molar-refractivity contribution in [2.24, 2.45) is 0 Å². The number of furan rings is 1. The Morgan fingerprint density at radius 1 is 0.714 bits per heavy atom. The summed E-state index contributed by atoms with van der Waals surface area (Å²) in [6.45, 7) is 8.85. The van der Waals surface area contributed by atoms with Crippen molar-refractivity contribution in [1.29, 1.82) is 0 Å². The Bertz CT molecular complexity index is 745. The molecule has 0 fully saturated rings. The van der Waals surface area contributed by atoms with Gasteiger partial charge in [0.1, 0.15) is 11.3 Å². The molecule has 1 nitrogen and oxygen atoms in total. The highest BCUT2D eigenvalue weighted by Crippen LogP contribution is 2.30. The van der Waals surface area contributed by atoms with Gasteiger partial charge in [0.05, 0.1) is 0 Å². The molecular weight excluding hydrogens is 256 g/mol. The lowest BCUT2D eigenvalue weighted by Crippen LogP contribution is -1.85. The normalized spacial score (nSPS) is 11.7. The van der Waals surface area contributed by atoms with Crippen LogP contribution in [0.25, 0.3) is 22.3 Å². The molecule has 0 atom stereocenters. The lowest BCUT2D eigenvalue weighted by atomic mass is 10.0. The van der Waals surface area contributed by atoms with Crippen LogP contribution in [0.15, 0.2) is 52.9 Å². The Morgan fingerprint density at radius 2 is 1.33 bits per heavy atom. The molecule has 0 amide bonds. The molecule has 21 heavy (non-hydrogen) atoms. The highest BCUT2D eigenvalue weighted by atomic mass is 16.3. The maximum Gasteiger partial charge on any atom is 0.135 e. The monoisotopic (exact) mass is 278 g/mol.